The van der Waals surface area contributed by atoms with Gasteiger partial charge in [-0.3, -0.25) is 9.88 Å². The second-order valence-corrected chi connectivity index (χ2v) is 13.8. The van der Waals surface area contributed by atoms with Crippen LogP contribution < -0.4 is 9.80 Å². The molecule has 2 aliphatic rings. The van der Waals surface area contributed by atoms with E-state index in [2.05, 4.69) is 20.9 Å². The Morgan fingerprint density at radius 1 is 1.12 bits per heavy atom. The number of anilines is 2. The van der Waals surface area contributed by atoms with Gasteiger partial charge in [0.15, 0.2) is 10.0 Å². The summed E-state index contributed by atoms with van der Waals surface area (Å²) in [4.78, 5) is 45.3. The molecule has 5 rings (SSSR count). The fourth-order valence-electron chi connectivity index (χ4n) is 4.66. The third-order valence-electron chi connectivity index (χ3n) is 6.78. The molecule has 3 aromatic rings. The Balaban J connectivity index is 1.47. The molecule has 0 radical (unpaired) electrons. The van der Waals surface area contributed by atoms with Crippen LogP contribution in [-0.4, -0.2) is 65.5 Å². The summed E-state index contributed by atoms with van der Waals surface area (Å²) >= 11 is 3.10. The summed E-state index contributed by atoms with van der Waals surface area (Å²) in [5, 5.41) is 0. The Hall–Kier alpha value is -3.22. The molecule has 0 aromatic carbocycles. The van der Waals surface area contributed by atoms with E-state index in [9.17, 15) is 9.59 Å². The molecule has 1 saturated heterocycles. The number of esters is 1. The quantitative estimate of drug-likeness (QED) is 0.186. The summed E-state index contributed by atoms with van der Waals surface area (Å²) in [6.07, 6.45) is 1.65. The molecule has 1 aliphatic heterocycles. The van der Waals surface area contributed by atoms with Crippen molar-refractivity contribution in [1.29, 1.82) is 0 Å². The van der Waals surface area contributed by atoms with Gasteiger partial charge in [0, 0.05) is 41.2 Å². The summed E-state index contributed by atoms with van der Waals surface area (Å²) in [7, 11) is 0. The lowest BCUT2D eigenvalue weighted by Gasteiger charge is -2.31. The SMILES string of the molecule is CCOC(=O)c1nc(SCc2cc(N3CCOCC3)cc(N(Cc3cccc(C)n3)C(=O)OC(C)(C)C)n2)sc1C1CC1. The van der Waals surface area contributed by atoms with E-state index in [4.69, 9.17) is 19.2 Å². The van der Waals surface area contributed by atoms with E-state index in [1.165, 1.54) is 11.8 Å². The standard InChI is InChI=1S/C31H39N5O5S2/c1-6-40-28(37)26-27(21-10-11-21)43-29(34-26)42-19-23-16-24(35-12-14-39-15-13-35)17-25(33-23)36(30(38)41-31(3,4)5)18-22-9-7-8-20(2)32-22/h7-9,16-17,21H,6,10-15,18-19H2,1-5H3. The lowest BCUT2D eigenvalue weighted by Crippen LogP contribution is -2.38. The van der Waals surface area contributed by atoms with E-state index in [0.717, 1.165) is 57.9 Å². The van der Waals surface area contributed by atoms with Gasteiger partial charge in [0.2, 0.25) is 0 Å². The molecule has 0 N–H and O–H groups in total. The number of aromatic nitrogens is 3. The number of amides is 1. The minimum atomic E-state index is -0.684. The number of carbonyl (C=O) groups excluding carboxylic acids is 2. The van der Waals surface area contributed by atoms with Gasteiger partial charge in [-0.2, -0.15) is 0 Å². The summed E-state index contributed by atoms with van der Waals surface area (Å²) < 4.78 is 17.5. The molecule has 0 spiro atoms. The highest BCUT2D eigenvalue weighted by Crippen LogP contribution is 2.46. The number of rotatable bonds is 10. The van der Waals surface area contributed by atoms with E-state index >= 15 is 0 Å². The van der Waals surface area contributed by atoms with Crippen LogP contribution in [0.25, 0.3) is 0 Å². The van der Waals surface area contributed by atoms with Crippen molar-refractivity contribution >= 4 is 46.7 Å². The van der Waals surface area contributed by atoms with Gasteiger partial charge < -0.3 is 19.1 Å². The molecule has 12 heteroatoms. The molecule has 0 atom stereocenters. The molecule has 0 unspecified atom stereocenters. The summed E-state index contributed by atoms with van der Waals surface area (Å²) in [6, 6.07) is 9.75. The van der Waals surface area contributed by atoms with Crippen molar-refractivity contribution in [1.82, 2.24) is 15.0 Å². The van der Waals surface area contributed by atoms with Crippen molar-refractivity contribution in [2.24, 2.45) is 0 Å². The smallest absolute Gasteiger partial charge is 0.416 e. The minimum absolute atomic E-state index is 0.211. The van der Waals surface area contributed by atoms with Gasteiger partial charge in [-0.15, -0.1) is 11.3 Å². The molecule has 1 amide bonds. The van der Waals surface area contributed by atoms with Gasteiger partial charge in [-0.05, 0) is 71.6 Å². The second-order valence-electron chi connectivity index (χ2n) is 11.6. The van der Waals surface area contributed by atoms with Crippen LogP contribution in [0, 0.1) is 6.92 Å². The predicted molar refractivity (Wildman–Crippen MR) is 168 cm³/mol. The zero-order valence-corrected chi connectivity index (χ0v) is 27.1. The molecular formula is C31H39N5O5S2. The number of ether oxygens (including phenoxy) is 3. The normalized spacial score (nSPS) is 15.3. The zero-order valence-electron chi connectivity index (χ0n) is 25.4. The first kappa shape index (κ1) is 31.2. The van der Waals surface area contributed by atoms with Crippen molar-refractivity contribution in [3.05, 3.63) is 58.0 Å². The highest BCUT2D eigenvalue weighted by molar-refractivity contribution is 8.00. The molecule has 0 bridgehead atoms. The van der Waals surface area contributed by atoms with Gasteiger partial charge in [-0.1, -0.05) is 17.8 Å². The Morgan fingerprint density at radius 2 is 1.88 bits per heavy atom. The number of hydrogen-bond acceptors (Lipinski definition) is 11. The lowest BCUT2D eigenvalue weighted by molar-refractivity contribution is 0.0517. The van der Waals surface area contributed by atoms with Crippen LogP contribution in [0.1, 0.15) is 78.9 Å². The molecule has 43 heavy (non-hydrogen) atoms. The molecule has 3 aromatic heterocycles. The Morgan fingerprint density at radius 3 is 2.56 bits per heavy atom. The maximum Gasteiger partial charge on any atom is 0.416 e. The third-order valence-corrected chi connectivity index (χ3v) is 9.17. The highest BCUT2D eigenvalue weighted by Gasteiger charge is 2.33. The molecule has 1 saturated carbocycles. The first-order valence-corrected chi connectivity index (χ1v) is 16.5. The van der Waals surface area contributed by atoms with Gasteiger partial charge in [0.25, 0.3) is 0 Å². The van der Waals surface area contributed by atoms with Gasteiger partial charge in [0.1, 0.15) is 11.4 Å². The monoisotopic (exact) mass is 625 g/mol. The average molecular weight is 626 g/mol. The van der Waals surface area contributed by atoms with Gasteiger partial charge in [-0.25, -0.2) is 19.6 Å². The summed E-state index contributed by atoms with van der Waals surface area (Å²) in [5.74, 6) is 1.02. The van der Waals surface area contributed by atoms with Gasteiger partial charge in [0.05, 0.1) is 37.8 Å². The van der Waals surface area contributed by atoms with Crippen LogP contribution in [0.5, 0.6) is 0 Å². The zero-order chi connectivity index (χ0) is 30.6. The van der Waals surface area contributed by atoms with Crippen LogP contribution in [0.2, 0.25) is 0 Å². The average Bonchev–Trinajstić information content (AvgIpc) is 3.73. The number of nitrogens with zero attached hydrogens (tertiary/aromatic N) is 5. The predicted octanol–water partition coefficient (Wildman–Crippen LogP) is 6.37. The third kappa shape index (κ3) is 8.45. The first-order valence-electron chi connectivity index (χ1n) is 14.7. The molecule has 230 valence electrons. The number of aryl methyl sites for hydroxylation is 1. The molecule has 1 aliphatic carbocycles. The fourth-order valence-corrected chi connectivity index (χ4v) is 6.87. The van der Waals surface area contributed by atoms with Crippen LogP contribution >= 0.6 is 23.1 Å². The number of carbonyl (C=O) groups is 2. The first-order chi connectivity index (χ1) is 20.6. The van der Waals surface area contributed by atoms with Crippen molar-refractivity contribution in [2.45, 2.75) is 75.6 Å². The highest BCUT2D eigenvalue weighted by atomic mass is 32.2. The van der Waals surface area contributed by atoms with Crippen LogP contribution in [0.15, 0.2) is 34.7 Å². The van der Waals surface area contributed by atoms with Crippen LogP contribution in [0.3, 0.4) is 0 Å². The van der Waals surface area contributed by atoms with Crippen molar-refractivity contribution in [2.75, 3.05) is 42.7 Å². The molecule has 10 nitrogen and oxygen atoms in total. The largest absolute Gasteiger partial charge is 0.461 e. The number of pyridine rings is 2. The lowest BCUT2D eigenvalue weighted by atomic mass is 10.2. The number of thiazole rings is 1. The fraction of sp³-hybridized carbons (Fsp3) is 0.516. The Kier molecular flexibility index (Phi) is 9.88. The van der Waals surface area contributed by atoms with Crippen molar-refractivity contribution in [3.8, 4) is 0 Å². The van der Waals surface area contributed by atoms with Crippen LogP contribution in [0.4, 0.5) is 16.3 Å². The topological polar surface area (TPSA) is 107 Å². The van der Waals surface area contributed by atoms with Crippen molar-refractivity contribution in [3.63, 3.8) is 0 Å². The van der Waals surface area contributed by atoms with Crippen molar-refractivity contribution < 1.29 is 23.8 Å². The van der Waals surface area contributed by atoms with E-state index in [1.54, 1.807) is 23.2 Å². The molecule has 2 fully saturated rings. The number of thioether (sulfide) groups is 1. The Bertz CT molecular complexity index is 1450. The van der Waals surface area contributed by atoms with Crippen LogP contribution in [-0.2, 0) is 26.5 Å². The summed E-state index contributed by atoms with van der Waals surface area (Å²) in [6.45, 7) is 12.5. The molecule has 4 heterocycles. The second kappa shape index (κ2) is 13.6. The Labute approximate surface area is 261 Å². The maximum absolute atomic E-state index is 13.6. The van der Waals surface area contributed by atoms with E-state index in [1.807, 2.05) is 52.0 Å². The van der Waals surface area contributed by atoms with E-state index < -0.39 is 11.7 Å². The molecular weight excluding hydrogens is 587 g/mol. The number of hydrogen-bond donors (Lipinski definition) is 0. The number of morpholine rings is 1. The minimum Gasteiger partial charge on any atom is -0.461 e. The van der Waals surface area contributed by atoms with Gasteiger partial charge >= 0.3 is 12.1 Å². The maximum atomic E-state index is 13.6. The van der Waals surface area contributed by atoms with E-state index in [0.29, 0.717) is 43.0 Å². The summed E-state index contributed by atoms with van der Waals surface area (Å²) in [5.41, 5.74) is 3.10. The van der Waals surface area contributed by atoms with E-state index in [-0.39, 0.29) is 12.5 Å².